The number of amides is 1. The van der Waals surface area contributed by atoms with Gasteiger partial charge in [-0.15, -0.1) is 0 Å². The van der Waals surface area contributed by atoms with Crippen molar-refractivity contribution in [1.82, 2.24) is 9.21 Å². The Kier molecular flexibility index (Phi) is 8.43. The molecule has 186 valence electrons. The Labute approximate surface area is 202 Å². The summed E-state index contributed by atoms with van der Waals surface area (Å²) in [6.45, 7) is 11.6. The number of benzene rings is 2. The van der Waals surface area contributed by atoms with Gasteiger partial charge >= 0.3 is 0 Å². The summed E-state index contributed by atoms with van der Waals surface area (Å²) in [5.41, 5.74) is 2.15. The van der Waals surface area contributed by atoms with Gasteiger partial charge in [0.15, 0.2) is 11.5 Å². The second kappa shape index (κ2) is 11.1. The van der Waals surface area contributed by atoms with Gasteiger partial charge < -0.3 is 19.1 Å². The molecule has 0 unspecified atom stereocenters. The summed E-state index contributed by atoms with van der Waals surface area (Å²) in [5, 5.41) is 0. The third kappa shape index (κ3) is 5.47. The number of hydrogen-bond donors (Lipinski definition) is 0. The number of carbonyl (C=O) groups excluding carboxylic acids is 1. The van der Waals surface area contributed by atoms with Crippen molar-refractivity contribution >= 4 is 15.9 Å². The first-order valence-corrected chi connectivity index (χ1v) is 13.1. The molecule has 1 saturated heterocycles. The molecule has 9 heteroatoms. The summed E-state index contributed by atoms with van der Waals surface area (Å²) in [7, 11) is -3.62. The highest BCUT2D eigenvalue weighted by molar-refractivity contribution is 7.89. The SMILES string of the molecule is CCOc1cc(C(=O)N2CCN(S(=O)(=O)c3ccc(C)cc3C)CC2)cc(OCC)c1OCC. The highest BCUT2D eigenvalue weighted by Gasteiger charge is 2.32. The average Bonchev–Trinajstić information content (AvgIpc) is 2.80. The third-order valence-electron chi connectivity index (χ3n) is 5.63. The number of aryl methyl sites for hydroxylation is 2. The molecular formula is C25H34N2O6S. The highest BCUT2D eigenvalue weighted by Crippen LogP contribution is 2.39. The molecule has 0 bridgehead atoms. The smallest absolute Gasteiger partial charge is 0.254 e. The molecular weight excluding hydrogens is 456 g/mol. The molecule has 1 amide bonds. The van der Waals surface area contributed by atoms with E-state index >= 15 is 0 Å². The molecule has 1 fully saturated rings. The molecule has 1 aliphatic rings. The average molecular weight is 491 g/mol. The van der Waals surface area contributed by atoms with Crippen LogP contribution in [0.5, 0.6) is 17.2 Å². The van der Waals surface area contributed by atoms with Gasteiger partial charge in [-0.3, -0.25) is 4.79 Å². The van der Waals surface area contributed by atoms with Crippen molar-refractivity contribution in [2.24, 2.45) is 0 Å². The number of rotatable bonds is 9. The van der Waals surface area contributed by atoms with Crippen LogP contribution in [-0.2, 0) is 10.0 Å². The molecule has 1 heterocycles. The lowest BCUT2D eigenvalue weighted by atomic mass is 10.1. The summed E-state index contributed by atoms with van der Waals surface area (Å²) >= 11 is 0. The normalized spacial score (nSPS) is 14.7. The van der Waals surface area contributed by atoms with Crippen molar-refractivity contribution in [3.05, 3.63) is 47.0 Å². The van der Waals surface area contributed by atoms with E-state index in [1.165, 1.54) is 4.31 Å². The number of nitrogens with zero attached hydrogens (tertiary/aromatic N) is 2. The van der Waals surface area contributed by atoms with Crippen molar-refractivity contribution in [3.63, 3.8) is 0 Å². The molecule has 34 heavy (non-hydrogen) atoms. The van der Waals surface area contributed by atoms with E-state index in [1.807, 2.05) is 33.8 Å². The van der Waals surface area contributed by atoms with Gasteiger partial charge in [-0.1, -0.05) is 17.7 Å². The van der Waals surface area contributed by atoms with E-state index in [0.717, 1.165) is 11.1 Å². The maximum absolute atomic E-state index is 13.3. The van der Waals surface area contributed by atoms with Crippen LogP contribution in [0.4, 0.5) is 0 Å². The maximum atomic E-state index is 13.3. The van der Waals surface area contributed by atoms with Crippen LogP contribution in [0.1, 0.15) is 42.3 Å². The number of carbonyl (C=O) groups is 1. The summed E-state index contributed by atoms with van der Waals surface area (Å²) in [4.78, 5) is 15.3. The molecule has 0 aromatic heterocycles. The van der Waals surface area contributed by atoms with Gasteiger partial charge in [0.05, 0.1) is 24.7 Å². The number of hydrogen-bond acceptors (Lipinski definition) is 6. The Balaban J connectivity index is 1.79. The Morgan fingerprint density at radius 2 is 1.41 bits per heavy atom. The van der Waals surface area contributed by atoms with Crippen LogP contribution in [-0.4, -0.2) is 69.5 Å². The second-order valence-corrected chi connectivity index (χ2v) is 9.97. The lowest BCUT2D eigenvalue weighted by Crippen LogP contribution is -2.50. The Bertz CT molecular complexity index is 1100. The molecule has 8 nitrogen and oxygen atoms in total. The zero-order chi connectivity index (χ0) is 24.9. The first kappa shape index (κ1) is 25.8. The molecule has 1 aliphatic heterocycles. The van der Waals surface area contributed by atoms with Gasteiger partial charge in [0.2, 0.25) is 15.8 Å². The van der Waals surface area contributed by atoms with Crippen LogP contribution in [0.25, 0.3) is 0 Å². The summed E-state index contributed by atoms with van der Waals surface area (Å²) in [5.74, 6) is 1.19. The highest BCUT2D eigenvalue weighted by atomic mass is 32.2. The van der Waals surface area contributed by atoms with Crippen LogP contribution < -0.4 is 14.2 Å². The zero-order valence-electron chi connectivity index (χ0n) is 20.6. The monoisotopic (exact) mass is 490 g/mol. The third-order valence-corrected chi connectivity index (χ3v) is 7.69. The van der Waals surface area contributed by atoms with E-state index in [2.05, 4.69) is 0 Å². The van der Waals surface area contributed by atoms with Crippen LogP contribution in [0.2, 0.25) is 0 Å². The van der Waals surface area contributed by atoms with E-state index in [4.69, 9.17) is 14.2 Å². The molecule has 0 aliphatic carbocycles. The van der Waals surface area contributed by atoms with Crippen molar-refractivity contribution in [3.8, 4) is 17.2 Å². The quantitative estimate of drug-likeness (QED) is 0.534. The Hall–Kier alpha value is -2.78. The van der Waals surface area contributed by atoms with Gasteiger partial charge in [-0.25, -0.2) is 8.42 Å². The minimum atomic E-state index is -3.62. The molecule has 0 radical (unpaired) electrons. The van der Waals surface area contributed by atoms with E-state index in [0.29, 0.717) is 60.6 Å². The topological polar surface area (TPSA) is 85.4 Å². The van der Waals surface area contributed by atoms with Gasteiger partial charge in [-0.2, -0.15) is 4.31 Å². The first-order valence-electron chi connectivity index (χ1n) is 11.7. The number of sulfonamides is 1. The first-order chi connectivity index (χ1) is 16.2. The van der Waals surface area contributed by atoms with Crippen LogP contribution in [0.3, 0.4) is 0 Å². The van der Waals surface area contributed by atoms with Gasteiger partial charge in [0, 0.05) is 31.7 Å². The van der Waals surface area contributed by atoms with Gasteiger partial charge in [0.25, 0.3) is 5.91 Å². The van der Waals surface area contributed by atoms with Gasteiger partial charge in [0.1, 0.15) is 0 Å². The van der Waals surface area contributed by atoms with E-state index in [1.54, 1.807) is 36.1 Å². The predicted molar refractivity (Wildman–Crippen MR) is 131 cm³/mol. The molecule has 2 aromatic carbocycles. The van der Waals surface area contributed by atoms with Crippen LogP contribution in [0, 0.1) is 13.8 Å². The standard InChI is InChI=1S/C25H34N2O6S/c1-6-31-21-16-20(17-22(32-7-2)24(21)33-8-3)25(28)26-11-13-27(14-12-26)34(29,30)23-10-9-18(4)15-19(23)5/h9-10,15-17H,6-8,11-14H2,1-5H3. The summed E-state index contributed by atoms with van der Waals surface area (Å²) in [6.07, 6.45) is 0. The zero-order valence-corrected chi connectivity index (χ0v) is 21.4. The number of ether oxygens (including phenoxy) is 3. The van der Waals surface area contributed by atoms with Crippen LogP contribution >= 0.6 is 0 Å². The summed E-state index contributed by atoms with van der Waals surface area (Å²) in [6, 6.07) is 8.65. The molecule has 3 rings (SSSR count). The maximum Gasteiger partial charge on any atom is 0.254 e. The molecule has 0 N–H and O–H groups in total. The minimum absolute atomic E-state index is 0.200. The lowest BCUT2D eigenvalue weighted by Gasteiger charge is -2.34. The second-order valence-electron chi connectivity index (χ2n) is 8.07. The Morgan fingerprint density at radius 1 is 0.853 bits per heavy atom. The molecule has 0 spiro atoms. The van der Waals surface area contributed by atoms with E-state index in [9.17, 15) is 13.2 Å². The van der Waals surface area contributed by atoms with Crippen molar-refractivity contribution in [2.75, 3.05) is 46.0 Å². The molecule has 0 atom stereocenters. The van der Waals surface area contributed by atoms with Gasteiger partial charge in [-0.05, 0) is 58.4 Å². The van der Waals surface area contributed by atoms with E-state index in [-0.39, 0.29) is 19.0 Å². The summed E-state index contributed by atoms with van der Waals surface area (Å²) < 4.78 is 45.0. The van der Waals surface area contributed by atoms with Crippen LogP contribution in [0.15, 0.2) is 35.2 Å². The van der Waals surface area contributed by atoms with Crippen molar-refractivity contribution in [2.45, 2.75) is 39.5 Å². The largest absolute Gasteiger partial charge is 0.490 e. The molecule has 2 aromatic rings. The fraction of sp³-hybridized carbons (Fsp3) is 0.480. The fourth-order valence-corrected chi connectivity index (χ4v) is 5.68. The lowest BCUT2D eigenvalue weighted by molar-refractivity contribution is 0.0696. The fourth-order valence-electron chi connectivity index (χ4n) is 4.05. The van der Waals surface area contributed by atoms with Crippen molar-refractivity contribution in [1.29, 1.82) is 0 Å². The Morgan fingerprint density at radius 3 is 1.91 bits per heavy atom. The molecule has 0 saturated carbocycles. The van der Waals surface area contributed by atoms with E-state index < -0.39 is 10.0 Å². The minimum Gasteiger partial charge on any atom is -0.490 e. The predicted octanol–water partition coefficient (Wildman–Crippen LogP) is 3.65. The van der Waals surface area contributed by atoms with Crippen molar-refractivity contribution < 1.29 is 27.4 Å². The number of piperazine rings is 1.